The second kappa shape index (κ2) is 12.7. The summed E-state index contributed by atoms with van der Waals surface area (Å²) in [7, 11) is 0. The van der Waals surface area contributed by atoms with Crippen LogP contribution < -0.4 is 26.8 Å². The summed E-state index contributed by atoms with van der Waals surface area (Å²) in [5.74, 6) is 1.39. The first kappa shape index (κ1) is 26.6. The van der Waals surface area contributed by atoms with E-state index in [9.17, 15) is 9.59 Å². The van der Waals surface area contributed by atoms with Gasteiger partial charge in [-0.05, 0) is 0 Å². The van der Waals surface area contributed by atoms with E-state index in [2.05, 4.69) is 37.7 Å². The fraction of sp³-hybridized carbons (Fsp3) is 0.567. The van der Waals surface area contributed by atoms with Crippen molar-refractivity contribution in [1.82, 2.24) is 8.10 Å². The van der Waals surface area contributed by atoms with Crippen molar-refractivity contribution in [3.8, 4) is 0 Å². The van der Waals surface area contributed by atoms with E-state index in [1.54, 1.807) is 12.4 Å². The normalized spacial score (nSPS) is 26.0. The van der Waals surface area contributed by atoms with Gasteiger partial charge in [0.15, 0.2) is 0 Å². The van der Waals surface area contributed by atoms with E-state index < -0.39 is 5.41 Å². The van der Waals surface area contributed by atoms with Crippen LogP contribution in [-0.4, -0.2) is 43.6 Å². The van der Waals surface area contributed by atoms with Crippen LogP contribution in [0.15, 0.2) is 54.9 Å². The number of hydrogen-bond acceptors (Lipinski definition) is 5. The molecule has 6 nitrogen and oxygen atoms in total. The van der Waals surface area contributed by atoms with E-state index in [0.29, 0.717) is 16.3 Å². The van der Waals surface area contributed by atoms with E-state index in [0.717, 1.165) is 75.7 Å². The Morgan fingerprint density at radius 2 is 1.81 bits per heavy atom. The number of esters is 1. The van der Waals surface area contributed by atoms with Gasteiger partial charge in [-0.1, -0.05) is 6.07 Å². The molecule has 0 radical (unpaired) electrons. The Balaban J connectivity index is 1.12. The van der Waals surface area contributed by atoms with Crippen LogP contribution >= 0.6 is 0 Å². The van der Waals surface area contributed by atoms with Crippen molar-refractivity contribution >= 4 is 17.6 Å². The Kier molecular flexibility index (Phi) is 9.13. The van der Waals surface area contributed by atoms with Crippen molar-refractivity contribution in [2.24, 2.45) is 11.8 Å². The predicted molar refractivity (Wildman–Crippen MR) is 140 cm³/mol. The Bertz CT molecular complexity index is 1030. The topological polar surface area (TPSA) is 71.5 Å². The molecule has 5 rings (SSSR count). The molecule has 1 saturated heterocycles. The number of amides is 1. The first-order valence-electron chi connectivity index (χ1n) is 13.9. The number of carbonyl (C=O) groups is 2. The summed E-state index contributed by atoms with van der Waals surface area (Å²) in [5.41, 5.74) is 1.43. The van der Waals surface area contributed by atoms with Gasteiger partial charge in [-0.2, -0.15) is 0 Å². The first-order chi connectivity index (χ1) is 18.1. The average molecular weight is 617 g/mol. The molecule has 1 aliphatic heterocycles. The van der Waals surface area contributed by atoms with E-state index in [-0.39, 0.29) is 39.5 Å². The molecule has 1 aromatic heterocycles. The molecule has 2 heterocycles. The maximum absolute atomic E-state index is 13.8. The molecule has 1 N–H and O–H groups in total. The van der Waals surface area contributed by atoms with E-state index in [1.807, 2.05) is 18.2 Å². The zero-order chi connectivity index (χ0) is 25.5. The quantitative estimate of drug-likeness (QED) is 0.170. The molecule has 2 aromatic rings. The fourth-order valence-electron chi connectivity index (χ4n) is 6.48. The van der Waals surface area contributed by atoms with Gasteiger partial charge in [0.1, 0.15) is 0 Å². The first-order valence-corrected chi connectivity index (χ1v) is 16.4. The van der Waals surface area contributed by atoms with Crippen LogP contribution in [0.1, 0.15) is 69.8 Å². The second-order valence-corrected chi connectivity index (χ2v) is 13.7. The van der Waals surface area contributed by atoms with Crippen molar-refractivity contribution in [2.45, 2.75) is 75.7 Å². The summed E-state index contributed by atoms with van der Waals surface area (Å²) >= 11 is -0.324. The third kappa shape index (κ3) is 6.72. The van der Waals surface area contributed by atoms with Crippen LogP contribution in [0, 0.1) is 11.8 Å². The summed E-state index contributed by atoms with van der Waals surface area (Å²) in [6.45, 7) is 2.15. The minimum absolute atomic E-state index is 0.0204. The molecule has 7 heteroatoms. The zero-order valence-electron chi connectivity index (χ0n) is 21.6. The van der Waals surface area contributed by atoms with Crippen LogP contribution in [0.3, 0.4) is 0 Å². The van der Waals surface area contributed by atoms with Crippen LogP contribution in [0.5, 0.6) is 0 Å². The Morgan fingerprint density at radius 3 is 2.57 bits per heavy atom. The van der Waals surface area contributed by atoms with Gasteiger partial charge in [-0.15, -0.1) is 0 Å². The second-order valence-electron chi connectivity index (χ2n) is 10.9. The summed E-state index contributed by atoms with van der Waals surface area (Å²) in [6, 6.07) is 14.1. The van der Waals surface area contributed by atoms with Gasteiger partial charge in [0, 0.05) is 0 Å². The van der Waals surface area contributed by atoms with Crippen molar-refractivity contribution in [3.63, 3.8) is 0 Å². The van der Waals surface area contributed by atoms with E-state index in [4.69, 9.17) is 4.74 Å². The molecule has 3 unspecified atom stereocenters. The molecule has 0 spiro atoms. The number of fused-ring (bicyclic) bond motifs is 1. The molecule has 2 aliphatic carbocycles. The molecule has 3 fully saturated rings. The number of rotatable bonds is 7. The summed E-state index contributed by atoms with van der Waals surface area (Å²) in [6.07, 6.45) is 14.1. The van der Waals surface area contributed by atoms with Gasteiger partial charge in [0.25, 0.3) is 0 Å². The molecule has 1 amide bonds. The van der Waals surface area contributed by atoms with E-state index in [1.165, 1.54) is 12.8 Å². The molecule has 3 atom stereocenters. The third-order valence-electron chi connectivity index (χ3n) is 8.51. The predicted octanol–water partition coefficient (Wildman–Crippen LogP) is 2.35. The van der Waals surface area contributed by atoms with Gasteiger partial charge in [0.05, 0.1) is 0 Å². The van der Waals surface area contributed by atoms with Gasteiger partial charge < -0.3 is 0 Å². The van der Waals surface area contributed by atoms with Crippen molar-refractivity contribution in [3.05, 3.63) is 60.4 Å². The number of piperidine rings is 1. The number of benzene rings is 1. The minimum atomic E-state index is -0.473. The van der Waals surface area contributed by atoms with Gasteiger partial charge in [0.2, 0.25) is 0 Å². The molecule has 0 bridgehead atoms. The molecule has 3 aliphatic rings. The standard InChI is InChI=1S/C30H39IN3O3/c35-28(33-26-11-8-17-32-21-26)20-31-34-18-14-23-19-27(13-12-24(23)22-34)37-29(36)30(15-6-1-2-7-16-30)25-9-4-3-5-10-25/h3-5,8-11,17,21,23-24,27H,1-2,6-7,12-16,18-20,22H2,(H,33,35)/q-1. The van der Waals surface area contributed by atoms with Gasteiger partial charge >= 0.3 is 226 Å². The van der Waals surface area contributed by atoms with Gasteiger partial charge in [-0.3, -0.25) is 0 Å². The van der Waals surface area contributed by atoms with Crippen molar-refractivity contribution in [2.75, 3.05) is 22.8 Å². The van der Waals surface area contributed by atoms with Gasteiger partial charge in [-0.25, -0.2) is 0 Å². The number of nitrogens with zero attached hydrogens (tertiary/aromatic N) is 2. The van der Waals surface area contributed by atoms with Crippen LogP contribution in [-0.2, 0) is 19.7 Å². The monoisotopic (exact) mass is 616 g/mol. The number of aromatic nitrogens is 1. The van der Waals surface area contributed by atoms with Crippen molar-refractivity contribution < 1.29 is 35.8 Å². The molecule has 1 aromatic carbocycles. The molecule has 2 saturated carbocycles. The Hall–Kier alpha value is -2.00. The summed E-state index contributed by atoms with van der Waals surface area (Å²) in [5, 5.41) is 2.96. The van der Waals surface area contributed by atoms with Crippen molar-refractivity contribution in [1.29, 1.82) is 0 Å². The number of nitrogens with one attached hydrogen (secondary N) is 1. The SMILES string of the molecule is O=C(C[I-]N1CCC2CC(OC(=O)C3(c4ccccc4)CCCCCC3)CCC2C1)Nc1cccnc1. The number of halogens is 1. The number of anilines is 1. The molecule has 200 valence electrons. The summed E-state index contributed by atoms with van der Waals surface area (Å²) in [4.78, 5) is 30.2. The number of hydrogen-bond donors (Lipinski definition) is 1. The molecular formula is C30H39IN3O3-. The Labute approximate surface area is 231 Å². The van der Waals surface area contributed by atoms with Crippen LogP contribution in [0.4, 0.5) is 5.69 Å². The summed E-state index contributed by atoms with van der Waals surface area (Å²) < 4.78 is 9.50. The number of pyridine rings is 1. The van der Waals surface area contributed by atoms with Crippen LogP contribution in [0.2, 0.25) is 0 Å². The fourth-order valence-corrected chi connectivity index (χ4v) is 8.87. The molecule has 37 heavy (non-hydrogen) atoms. The number of ether oxygens (including phenoxy) is 1. The third-order valence-corrected chi connectivity index (χ3v) is 11.4. The maximum atomic E-state index is 13.8. The van der Waals surface area contributed by atoms with E-state index >= 15 is 0 Å². The zero-order valence-corrected chi connectivity index (χ0v) is 23.8. The molecular weight excluding hydrogens is 577 g/mol. The number of alkyl halides is 1. The Morgan fingerprint density at radius 1 is 1.00 bits per heavy atom. The number of carbonyl (C=O) groups excluding carboxylic acids is 2. The average Bonchev–Trinajstić information content (AvgIpc) is 3.20. The van der Waals surface area contributed by atoms with Crippen LogP contribution in [0.25, 0.3) is 0 Å².